The number of nitrogens with one attached hydrogen (secondary N) is 1. The lowest BCUT2D eigenvalue weighted by molar-refractivity contribution is 0.206. The highest BCUT2D eigenvalue weighted by Crippen LogP contribution is 2.33. The van der Waals surface area contributed by atoms with Crippen molar-refractivity contribution in [2.75, 3.05) is 31.6 Å². The van der Waals surface area contributed by atoms with Gasteiger partial charge in [-0.05, 0) is 69.3 Å². The smallest absolute Gasteiger partial charge is 0.211 e. The zero-order valence-electron chi connectivity index (χ0n) is 18.2. The largest absolute Gasteiger partial charge is 0.340 e. The minimum atomic E-state index is 0.361. The van der Waals surface area contributed by atoms with Crippen LogP contribution in [-0.4, -0.2) is 57.0 Å². The van der Waals surface area contributed by atoms with Gasteiger partial charge < -0.3 is 10.2 Å². The SMILES string of the molecule is CN(Cc1cn2c(N3CC4CCCNC4C3)nccc2n1)[C@H]1CCCc2cccnc21. The molecule has 0 aromatic carbocycles. The Bertz CT molecular complexity index is 1060. The van der Waals surface area contributed by atoms with Crippen molar-refractivity contribution in [2.24, 2.45) is 5.92 Å². The van der Waals surface area contributed by atoms with Gasteiger partial charge >= 0.3 is 0 Å². The molecule has 5 heterocycles. The fourth-order valence-electron chi connectivity index (χ4n) is 5.86. The average Bonchev–Trinajstić information content (AvgIpc) is 3.42. The number of aromatic nitrogens is 4. The van der Waals surface area contributed by atoms with Crippen molar-refractivity contribution in [3.8, 4) is 0 Å². The van der Waals surface area contributed by atoms with Gasteiger partial charge in [-0.2, -0.15) is 0 Å². The second-order valence-electron chi connectivity index (χ2n) is 9.44. The predicted octanol–water partition coefficient (Wildman–Crippen LogP) is 2.82. The first-order valence-corrected chi connectivity index (χ1v) is 11.7. The number of fused-ring (bicyclic) bond motifs is 3. The van der Waals surface area contributed by atoms with Gasteiger partial charge in [-0.3, -0.25) is 14.3 Å². The minimum absolute atomic E-state index is 0.361. The molecule has 3 aromatic rings. The molecule has 3 aromatic heterocycles. The van der Waals surface area contributed by atoms with E-state index in [2.05, 4.69) is 44.9 Å². The van der Waals surface area contributed by atoms with E-state index in [0.29, 0.717) is 12.1 Å². The van der Waals surface area contributed by atoms with Gasteiger partial charge in [-0.15, -0.1) is 0 Å². The first-order chi connectivity index (χ1) is 15.3. The van der Waals surface area contributed by atoms with Gasteiger partial charge in [0.2, 0.25) is 5.95 Å². The highest BCUT2D eigenvalue weighted by Gasteiger charge is 2.35. The maximum Gasteiger partial charge on any atom is 0.211 e. The Kier molecular flexibility index (Phi) is 4.88. The predicted molar refractivity (Wildman–Crippen MR) is 121 cm³/mol. The molecule has 3 aliphatic rings. The average molecular weight is 418 g/mol. The van der Waals surface area contributed by atoms with Crippen LogP contribution in [0.5, 0.6) is 0 Å². The van der Waals surface area contributed by atoms with E-state index in [1.165, 1.54) is 30.5 Å². The zero-order valence-corrected chi connectivity index (χ0v) is 18.2. The maximum absolute atomic E-state index is 4.94. The van der Waals surface area contributed by atoms with E-state index in [-0.39, 0.29) is 0 Å². The van der Waals surface area contributed by atoms with Gasteiger partial charge in [-0.1, -0.05) is 6.07 Å². The van der Waals surface area contributed by atoms with E-state index in [9.17, 15) is 0 Å². The van der Waals surface area contributed by atoms with Crippen LogP contribution in [0.25, 0.3) is 5.65 Å². The number of imidazole rings is 1. The molecule has 31 heavy (non-hydrogen) atoms. The molecule has 0 amide bonds. The summed E-state index contributed by atoms with van der Waals surface area (Å²) in [5, 5.41) is 3.70. The van der Waals surface area contributed by atoms with Gasteiger partial charge in [-0.25, -0.2) is 9.97 Å². The second kappa shape index (κ2) is 7.88. The number of nitrogens with zero attached hydrogens (tertiary/aromatic N) is 6. The van der Waals surface area contributed by atoms with Crippen LogP contribution in [0.4, 0.5) is 5.95 Å². The van der Waals surface area contributed by atoms with Gasteiger partial charge in [0.15, 0.2) is 0 Å². The Labute approximate surface area is 183 Å². The first kappa shape index (κ1) is 19.2. The van der Waals surface area contributed by atoms with Gasteiger partial charge in [0.05, 0.1) is 17.4 Å². The second-order valence-corrected chi connectivity index (χ2v) is 9.44. The molecule has 0 radical (unpaired) electrons. The molecule has 0 saturated carbocycles. The molecule has 3 atom stereocenters. The molecule has 1 aliphatic carbocycles. The molecule has 1 N–H and O–H groups in total. The lowest BCUT2D eigenvalue weighted by Crippen LogP contribution is -2.40. The van der Waals surface area contributed by atoms with Crippen LogP contribution in [0, 0.1) is 5.92 Å². The summed E-state index contributed by atoms with van der Waals surface area (Å²) in [7, 11) is 2.20. The number of piperidine rings is 1. The summed E-state index contributed by atoms with van der Waals surface area (Å²) in [5.74, 6) is 1.76. The van der Waals surface area contributed by atoms with Crippen molar-refractivity contribution in [2.45, 2.75) is 50.7 Å². The third kappa shape index (κ3) is 3.49. The summed E-state index contributed by atoms with van der Waals surface area (Å²) in [6, 6.07) is 7.26. The molecule has 2 unspecified atom stereocenters. The fourth-order valence-corrected chi connectivity index (χ4v) is 5.86. The highest BCUT2D eigenvalue weighted by atomic mass is 15.3. The van der Waals surface area contributed by atoms with Crippen molar-refractivity contribution in [3.05, 3.63) is 53.7 Å². The van der Waals surface area contributed by atoms with E-state index in [1.54, 1.807) is 0 Å². The van der Waals surface area contributed by atoms with Crippen molar-refractivity contribution in [1.82, 2.24) is 29.6 Å². The number of hydrogen-bond donors (Lipinski definition) is 1. The number of rotatable bonds is 4. The lowest BCUT2D eigenvalue weighted by atomic mass is 9.91. The number of anilines is 1. The zero-order chi connectivity index (χ0) is 20.8. The van der Waals surface area contributed by atoms with Crippen LogP contribution in [0.3, 0.4) is 0 Å². The van der Waals surface area contributed by atoms with Crippen molar-refractivity contribution in [3.63, 3.8) is 0 Å². The number of aryl methyl sites for hydroxylation is 1. The summed E-state index contributed by atoms with van der Waals surface area (Å²) in [6.07, 6.45) is 12.1. The summed E-state index contributed by atoms with van der Waals surface area (Å²) in [6.45, 7) is 4.08. The van der Waals surface area contributed by atoms with Gasteiger partial charge in [0.1, 0.15) is 5.65 Å². The van der Waals surface area contributed by atoms with Gasteiger partial charge in [0, 0.05) is 44.3 Å². The minimum Gasteiger partial charge on any atom is -0.340 e. The number of pyridine rings is 1. The normalized spacial score (nSPS) is 25.7. The van der Waals surface area contributed by atoms with Crippen LogP contribution < -0.4 is 10.2 Å². The third-order valence-corrected chi connectivity index (χ3v) is 7.40. The van der Waals surface area contributed by atoms with Gasteiger partial charge in [0.25, 0.3) is 0 Å². The van der Waals surface area contributed by atoms with Crippen LogP contribution in [0.1, 0.15) is 48.7 Å². The molecule has 162 valence electrons. The Morgan fingerprint density at radius 3 is 3.03 bits per heavy atom. The van der Waals surface area contributed by atoms with Crippen molar-refractivity contribution < 1.29 is 0 Å². The molecule has 7 nitrogen and oxygen atoms in total. The van der Waals surface area contributed by atoms with Crippen LogP contribution >= 0.6 is 0 Å². The summed E-state index contributed by atoms with van der Waals surface area (Å²) >= 11 is 0. The highest BCUT2D eigenvalue weighted by molar-refractivity contribution is 5.48. The molecule has 0 bridgehead atoms. The molecule has 6 rings (SSSR count). The van der Waals surface area contributed by atoms with E-state index in [4.69, 9.17) is 15.0 Å². The van der Waals surface area contributed by atoms with Crippen molar-refractivity contribution in [1.29, 1.82) is 0 Å². The molecule has 0 spiro atoms. The fraction of sp³-hybridized carbons (Fsp3) is 0.542. The van der Waals surface area contributed by atoms with Crippen LogP contribution in [0.2, 0.25) is 0 Å². The van der Waals surface area contributed by atoms with Crippen molar-refractivity contribution >= 4 is 11.6 Å². The van der Waals surface area contributed by atoms with Crippen LogP contribution in [0.15, 0.2) is 36.8 Å². The topological polar surface area (TPSA) is 61.6 Å². The van der Waals surface area contributed by atoms with Crippen LogP contribution in [-0.2, 0) is 13.0 Å². The standard InChI is InChI=1S/C24H31N7/c1-29(21-8-2-5-17-6-3-11-26-23(17)21)14-19-15-31-22(28-19)9-12-27-24(31)30-13-18-7-4-10-25-20(18)16-30/h3,6,9,11-12,15,18,20-21,25H,2,4-5,7-8,10,13-14,16H2,1H3/t18?,20?,21-/m0/s1. The molecule has 2 aliphatic heterocycles. The lowest BCUT2D eigenvalue weighted by Gasteiger charge is -2.31. The third-order valence-electron chi connectivity index (χ3n) is 7.40. The van der Waals surface area contributed by atoms with E-state index in [1.807, 2.05) is 18.5 Å². The summed E-state index contributed by atoms with van der Waals surface area (Å²) in [4.78, 5) is 19.3. The Balaban J connectivity index is 1.24. The molecule has 7 heteroatoms. The molecule has 2 saturated heterocycles. The summed E-state index contributed by atoms with van der Waals surface area (Å²) < 4.78 is 2.19. The van der Waals surface area contributed by atoms with E-state index >= 15 is 0 Å². The quantitative estimate of drug-likeness (QED) is 0.704. The Morgan fingerprint density at radius 1 is 1.13 bits per heavy atom. The Hall–Kier alpha value is -2.51. The number of hydrogen-bond acceptors (Lipinski definition) is 6. The monoisotopic (exact) mass is 417 g/mol. The molecular weight excluding hydrogens is 386 g/mol. The van der Waals surface area contributed by atoms with E-state index < -0.39 is 0 Å². The van der Waals surface area contributed by atoms with E-state index in [0.717, 1.165) is 62.2 Å². The summed E-state index contributed by atoms with van der Waals surface area (Å²) in [5.41, 5.74) is 4.72. The molecule has 2 fully saturated rings. The molecular formula is C24H31N7. The maximum atomic E-state index is 4.94. The first-order valence-electron chi connectivity index (χ1n) is 11.7. The Morgan fingerprint density at radius 2 is 2.10 bits per heavy atom.